The number of benzene rings is 3. The largest absolute Gasteiger partial charge is 0.496 e. The van der Waals surface area contributed by atoms with Gasteiger partial charge in [0.2, 0.25) is 10.0 Å². The predicted octanol–water partition coefficient (Wildman–Crippen LogP) is 4.01. The van der Waals surface area contributed by atoms with Gasteiger partial charge in [-0.1, -0.05) is 24.3 Å². The van der Waals surface area contributed by atoms with E-state index in [-0.39, 0.29) is 17.8 Å². The highest BCUT2D eigenvalue weighted by atomic mass is 32.2. The van der Waals surface area contributed by atoms with Crippen LogP contribution in [-0.4, -0.2) is 21.4 Å². The van der Waals surface area contributed by atoms with Gasteiger partial charge in [-0.05, 0) is 48.9 Å². The Morgan fingerprint density at radius 1 is 1.00 bits per heavy atom. The van der Waals surface area contributed by atoms with Crippen LogP contribution in [0.3, 0.4) is 0 Å². The number of anilines is 1. The number of methoxy groups -OCH3 is 1. The molecule has 1 amide bonds. The monoisotopic (exact) mass is 446 g/mol. The fraction of sp³-hybridized carbons (Fsp3) is 0.136. The van der Waals surface area contributed by atoms with Crippen molar-refractivity contribution in [2.24, 2.45) is 0 Å². The average molecular weight is 446 g/mol. The highest BCUT2D eigenvalue weighted by molar-refractivity contribution is 7.89. The maximum Gasteiger partial charge on any atom is 0.255 e. The van der Waals surface area contributed by atoms with Crippen molar-refractivity contribution >= 4 is 21.6 Å². The molecule has 3 rings (SSSR count). The number of carbonyl (C=O) groups is 1. The van der Waals surface area contributed by atoms with E-state index in [2.05, 4.69) is 10.0 Å². The van der Waals surface area contributed by atoms with Crippen LogP contribution in [0.2, 0.25) is 0 Å². The number of halogens is 2. The number of rotatable bonds is 7. The summed E-state index contributed by atoms with van der Waals surface area (Å²) in [7, 11) is -2.82. The van der Waals surface area contributed by atoms with Crippen LogP contribution in [0.1, 0.15) is 21.5 Å². The molecule has 0 heterocycles. The van der Waals surface area contributed by atoms with Crippen molar-refractivity contribution in [3.8, 4) is 5.75 Å². The van der Waals surface area contributed by atoms with Crippen LogP contribution < -0.4 is 14.8 Å². The lowest BCUT2D eigenvalue weighted by Crippen LogP contribution is -2.25. The molecule has 0 radical (unpaired) electrons. The van der Waals surface area contributed by atoms with Crippen molar-refractivity contribution in [1.82, 2.24) is 4.72 Å². The molecule has 0 atom stereocenters. The van der Waals surface area contributed by atoms with Gasteiger partial charge in [0, 0.05) is 23.4 Å². The van der Waals surface area contributed by atoms with Crippen LogP contribution in [0.15, 0.2) is 65.6 Å². The van der Waals surface area contributed by atoms with Crippen molar-refractivity contribution < 1.29 is 26.7 Å². The molecule has 0 spiro atoms. The average Bonchev–Trinajstić information content (AvgIpc) is 2.75. The van der Waals surface area contributed by atoms with E-state index < -0.39 is 32.5 Å². The molecule has 0 aliphatic rings. The van der Waals surface area contributed by atoms with Crippen LogP contribution in [0.25, 0.3) is 0 Å². The number of ether oxygens (including phenoxy) is 1. The molecule has 2 N–H and O–H groups in total. The Morgan fingerprint density at radius 3 is 2.45 bits per heavy atom. The van der Waals surface area contributed by atoms with Gasteiger partial charge in [-0.15, -0.1) is 0 Å². The SMILES string of the molecule is COc1ccccc1CNS(=O)(=O)c1cc(C(=O)Nc2ccc(C)c(F)c2)ccc1F. The predicted molar refractivity (Wildman–Crippen MR) is 113 cm³/mol. The quantitative estimate of drug-likeness (QED) is 0.574. The maximum atomic E-state index is 14.3. The first-order valence-corrected chi connectivity index (χ1v) is 10.7. The summed E-state index contributed by atoms with van der Waals surface area (Å²) >= 11 is 0. The minimum absolute atomic E-state index is 0.0972. The lowest BCUT2D eigenvalue weighted by atomic mass is 10.2. The fourth-order valence-corrected chi connectivity index (χ4v) is 3.93. The van der Waals surface area contributed by atoms with Gasteiger partial charge in [0.1, 0.15) is 22.3 Å². The summed E-state index contributed by atoms with van der Waals surface area (Å²) in [4.78, 5) is 11.8. The van der Waals surface area contributed by atoms with Crippen LogP contribution in [-0.2, 0) is 16.6 Å². The van der Waals surface area contributed by atoms with E-state index >= 15 is 0 Å². The Hall–Kier alpha value is -3.30. The Bertz CT molecular complexity index is 1230. The number of aryl methyl sites for hydroxylation is 1. The molecule has 0 aromatic heterocycles. The molecule has 0 fully saturated rings. The number of sulfonamides is 1. The number of nitrogens with one attached hydrogen (secondary N) is 2. The summed E-state index contributed by atoms with van der Waals surface area (Å²) < 4.78 is 60.8. The van der Waals surface area contributed by atoms with Gasteiger partial charge >= 0.3 is 0 Å². The lowest BCUT2D eigenvalue weighted by molar-refractivity contribution is 0.102. The third kappa shape index (κ3) is 5.25. The summed E-state index contributed by atoms with van der Waals surface area (Å²) in [5, 5.41) is 2.46. The van der Waals surface area contributed by atoms with Gasteiger partial charge in [0.15, 0.2) is 0 Å². The molecule has 6 nitrogen and oxygen atoms in total. The molecule has 0 saturated carbocycles. The van der Waals surface area contributed by atoms with E-state index in [0.717, 1.165) is 24.3 Å². The molecule has 3 aromatic rings. The summed E-state index contributed by atoms with van der Waals surface area (Å²) in [6, 6.07) is 13.9. The van der Waals surface area contributed by atoms with E-state index in [4.69, 9.17) is 4.74 Å². The topological polar surface area (TPSA) is 84.5 Å². The molecular weight excluding hydrogens is 426 g/mol. The number of amides is 1. The highest BCUT2D eigenvalue weighted by Crippen LogP contribution is 2.21. The smallest absolute Gasteiger partial charge is 0.255 e. The first-order chi connectivity index (χ1) is 14.7. The maximum absolute atomic E-state index is 14.3. The second-order valence-corrected chi connectivity index (χ2v) is 8.44. The standard InChI is InChI=1S/C22H20F2N2O4S/c1-14-7-9-17(12-19(14)24)26-22(27)15-8-10-18(23)21(11-15)31(28,29)25-13-16-5-3-4-6-20(16)30-2/h3-12,25H,13H2,1-2H3,(H,26,27). The van der Waals surface area contributed by atoms with Crippen molar-refractivity contribution in [2.75, 3.05) is 12.4 Å². The van der Waals surface area contributed by atoms with Crippen molar-refractivity contribution in [2.45, 2.75) is 18.4 Å². The van der Waals surface area contributed by atoms with Crippen LogP contribution in [0, 0.1) is 18.6 Å². The molecule has 0 bridgehead atoms. The first kappa shape index (κ1) is 22.4. The molecule has 9 heteroatoms. The van der Waals surface area contributed by atoms with Gasteiger partial charge in [0.05, 0.1) is 7.11 Å². The summed E-state index contributed by atoms with van der Waals surface area (Å²) in [5.41, 5.74) is 1.06. The molecule has 31 heavy (non-hydrogen) atoms. The Morgan fingerprint density at radius 2 is 1.74 bits per heavy atom. The van der Waals surface area contributed by atoms with Crippen LogP contribution in [0.4, 0.5) is 14.5 Å². The zero-order valence-corrected chi connectivity index (χ0v) is 17.6. The highest BCUT2D eigenvalue weighted by Gasteiger charge is 2.22. The zero-order valence-electron chi connectivity index (χ0n) is 16.8. The van der Waals surface area contributed by atoms with Gasteiger partial charge < -0.3 is 10.1 Å². The van der Waals surface area contributed by atoms with E-state index in [0.29, 0.717) is 16.9 Å². The van der Waals surface area contributed by atoms with E-state index in [1.54, 1.807) is 31.2 Å². The summed E-state index contributed by atoms with van der Waals surface area (Å²) in [6.07, 6.45) is 0. The molecule has 0 aliphatic carbocycles. The van der Waals surface area contributed by atoms with Crippen molar-refractivity contribution in [3.63, 3.8) is 0 Å². The van der Waals surface area contributed by atoms with E-state index in [1.807, 2.05) is 0 Å². The van der Waals surface area contributed by atoms with Crippen molar-refractivity contribution in [1.29, 1.82) is 0 Å². The van der Waals surface area contributed by atoms with E-state index in [1.165, 1.54) is 19.2 Å². The summed E-state index contributed by atoms with van der Waals surface area (Å²) in [6.45, 7) is 1.45. The Kier molecular flexibility index (Phi) is 6.67. The number of para-hydroxylation sites is 1. The van der Waals surface area contributed by atoms with Gasteiger partial charge in [0.25, 0.3) is 5.91 Å². The molecule has 3 aromatic carbocycles. The van der Waals surface area contributed by atoms with Gasteiger partial charge in [-0.3, -0.25) is 4.79 Å². The number of hydrogen-bond donors (Lipinski definition) is 2. The fourth-order valence-electron chi connectivity index (χ4n) is 2.82. The second kappa shape index (κ2) is 9.23. The van der Waals surface area contributed by atoms with Gasteiger partial charge in [-0.2, -0.15) is 0 Å². The number of hydrogen-bond acceptors (Lipinski definition) is 4. The van der Waals surface area contributed by atoms with Gasteiger partial charge in [-0.25, -0.2) is 21.9 Å². The molecule has 0 saturated heterocycles. The second-order valence-electron chi connectivity index (χ2n) is 6.70. The Balaban J connectivity index is 1.82. The molecule has 0 aliphatic heterocycles. The molecule has 162 valence electrons. The van der Waals surface area contributed by atoms with E-state index in [9.17, 15) is 22.0 Å². The molecular formula is C22H20F2N2O4S. The van der Waals surface area contributed by atoms with Crippen molar-refractivity contribution in [3.05, 3.63) is 89.0 Å². The van der Waals surface area contributed by atoms with Crippen LogP contribution in [0.5, 0.6) is 5.75 Å². The first-order valence-electron chi connectivity index (χ1n) is 9.20. The normalized spacial score (nSPS) is 11.2. The Labute approximate surface area is 178 Å². The van der Waals surface area contributed by atoms with Crippen LogP contribution >= 0.6 is 0 Å². The molecule has 0 unspecified atom stereocenters. The minimum atomic E-state index is -4.28. The summed E-state index contributed by atoms with van der Waals surface area (Å²) in [5.74, 6) is -1.74. The minimum Gasteiger partial charge on any atom is -0.496 e. The lowest BCUT2D eigenvalue weighted by Gasteiger charge is -2.12. The number of carbonyl (C=O) groups excluding carboxylic acids is 1. The third-order valence-corrected chi connectivity index (χ3v) is 5.97. The third-order valence-electron chi connectivity index (χ3n) is 4.56. The zero-order chi connectivity index (χ0) is 22.6.